The number of carbonyl (C=O) groups is 4. The van der Waals surface area contributed by atoms with Crippen LogP contribution in [0.5, 0.6) is 5.75 Å². The Bertz CT molecular complexity index is 1790. The number of ether oxygens (including phenoxy) is 1. The summed E-state index contributed by atoms with van der Waals surface area (Å²) in [6, 6.07) is 28.2. The summed E-state index contributed by atoms with van der Waals surface area (Å²) < 4.78 is 5.70. The molecule has 9 rings (SSSR count). The Morgan fingerprint density at radius 2 is 1.32 bits per heavy atom. The molecular formula is C36H27ClN2O5. The number of aryl methyl sites for hydroxylation is 1. The van der Waals surface area contributed by atoms with Gasteiger partial charge < -0.3 is 9.64 Å². The zero-order valence-corrected chi connectivity index (χ0v) is 24.5. The monoisotopic (exact) mass is 602 g/mol. The number of carbonyl (C=O) groups excluding carboxylic acids is 4. The van der Waals surface area contributed by atoms with Gasteiger partial charge in [0, 0.05) is 35.5 Å². The van der Waals surface area contributed by atoms with Crippen molar-refractivity contribution < 1.29 is 23.9 Å². The summed E-state index contributed by atoms with van der Waals surface area (Å²) in [6.07, 6.45) is 0.0468. The van der Waals surface area contributed by atoms with Gasteiger partial charge in [0.25, 0.3) is 0 Å². The van der Waals surface area contributed by atoms with E-state index in [1.54, 1.807) is 54.3 Å². The van der Waals surface area contributed by atoms with Gasteiger partial charge in [0.1, 0.15) is 5.75 Å². The third-order valence-electron chi connectivity index (χ3n) is 9.67. The Morgan fingerprint density at radius 3 is 1.84 bits per heavy atom. The van der Waals surface area contributed by atoms with E-state index >= 15 is 0 Å². The van der Waals surface area contributed by atoms with Gasteiger partial charge in [-0.05, 0) is 77.2 Å². The maximum absolute atomic E-state index is 14.1. The second-order valence-electron chi connectivity index (χ2n) is 12.0. The quantitative estimate of drug-likeness (QED) is 0.162. The van der Waals surface area contributed by atoms with Crippen LogP contribution in [-0.2, 0) is 19.2 Å². The molecule has 218 valence electrons. The van der Waals surface area contributed by atoms with Gasteiger partial charge in [-0.3, -0.25) is 19.2 Å². The van der Waals surface area contributed by atoms with Crippen LogP contribution in [0.15, 0.2) is 91.0 Å². The van der Waals surface area contributed by atoms with Crippen LogP contribution in [0.4, 0.5) is 11.4 Å². The minimum absolute atomic E-state index is 0.0468. The fraction of sp³-hybridized carbons (Fsp3) is 0.222. The molecule has 0 saturated carbocycles. The number of nitrogens with zero attached hydrogens (tertiary/aromatic N) is 2. The minimum Gasteiger partial charge on any atom is -0.426 e. The van der Waals surface area contributed by atoms with E-state index in [1.165, 1.54) is 4.90 Å². The fourth-order valence-corrected chi connectivity index (χ4v) is 7.92. The molecule has 7 nitrogen and oxygen atoms in total. The number of anilines is 2. The van der Waals surface area contributed by atoms with Crippen LogP contribution in [0.25, 0.3) is 0 Å². The van der Waals surface area contributed by atoms with Gasteiger partial charge in [-0.15, -0.1) is 0 Å². The molecule has 44 heavy (non-hydrogen) atoms. The third-order valence-corrected chi connectivity index (χ3v) is 9.92. The van der Waals surface area contributed by atoms with Crippen molar-refractivity contribution in [2.24, 2.45) is 17.8 Å². The highest BCUT2D eigenvalue weighted by Crippen LogP contribution is 2.61. The molecule has 0 radical (unpaired) electrons. The predicted octanol–water partition coefficient (Wildman–Crippen LogP) is 6.00. The number of esters is 1. The first kappa shape index (κ1) is 26.8. The molecule has 3 amide bonds. The lowest BCUT2D eigenvalue weighted by Gasteiger charge is -2.45. The Labute approximate surface area is 259 Å². The van der Waals surface area contributed by atoms with E-state index < -0.39 is 23.7 Å². The zero-order valence-electron chi connectivity index (χ0n) is 23.8. The molecule has 8 heteroatoms. The largest absolute Gasteiger partial charge is 0.426 e. The van der Waals surface area contributed by atoms with Crippen LogP contribution in [0.1, 0.15) is 46.1 Å². The average Bonchev–Trinajstić information content (AvgIpc) is 3.55. The first-order valence-corrected chi connectivity index (χ1v) is 15.1. The van der Waals surface area contributed by atoms with Crippen LogP contribution in [0.3, 0.4) is 0 Å². The van der Waals surface area contributed by atoms with Gasteiger partial charge >= 0.3 is 5.97 Å². The number of benzene rings is 4. The molecule has 0 aromatic heterocycles. The van der Waals surface area contributed by atoms with Crippen LogP contribution < -0.4 is 14.5 Å². The van der Waals surface area contributed by atoms with Crippen LogP contribution in [0, 0.1) is 24.7 Å². The molecule has 3 aliphatic carbocycles. The van der Waals surface area contributed by atoms with Crippen molar-refractivity contribution in [3.63, 3.8) is 0 Å². The molecule has 0 N–H and O–H groups in total. The van der Waals surface area contributed by atoms with Crippen LogP contribution in [0.2, 0.25) is 5.02 Å². The second-order valence-corrected chi connectivity index (χ2v) is 12.5. The zero-order chi connectivity index (χ0) is 30.3. The van der Waals surface area contributed by atoms with Crippen molar-refractivity contribution in [1.82, 2.24) is 0 Å². The molecule has 4 aromatic rings. The number of hydrogen-bond acceptors (Lipinski definition) is 5. The topological polar surface area (TPSA) is 84.0 Å². The number of amides is 3. The van der Waals surface area contributed by atoms with Gasteiger partial charge in [0.05, 0.1) is 23.4 Å². The van der Waals surface area contributed by atoms with Crippen molar-refractivity contribution in [2.45, 2.75) is 25.2 Å². The van der Waals surface area contributed by atoms with Crippen LogP contribution in [-0.4, -0.2) is 30.2 Å². The molecule has 2 bridgehead atoms. The lowest BCUT2D eigenvalue weighted by molar-refractivity contribution is -0.139. The number of imide groups is 1. The minimum atomic E-state index is -0.623. The highest BCUT2D eigenvalue weighted by atomic mass is 35.5. The molecule has 4 aromatic carbocycles. The Kier molecular flexibility index (Phi) is 6.04. The Balaban J connectivity index is 1.04. The van der Waals surface area contributed by atoms with E-state index in [2.05, 4.69) is 24.3 Å². The highest BCUT2D eigenvalue weighted by Gasteiger charge is 2.61. The standard InChI is InChI=1S/C36H27ClN2O5/c1-19-16-23(44-36(43)20-17-29(40)38(18-20)22-12-10-21(37)11-13-22)14-15-28(19)39-34(41)32-30-24-6-2-3-7-25(24)31(33(32)35(39)42)27-9-5-4-8-26(27)30/h2-16,20,30-33H,17-18H2,1H3/t20-,30?,31?,32-,33+/m1/s1. The predicted molar refractivity (Wildman–Crippen MR) is 165 cm³/mol. The van der Waals surface area contributed by atoms with Crippen molar-refractivity contribution in [1.29, 1.82) is 0 Å². The first-order chi connectivity index (χ1) is 21.3. The Morgan fingerprint density at radius 1 is 0.773 bits per heavy atom. The summed E-state index contributed by atoms with van der Waals surface area (Å²) >= 11 is 5.97. The smallest absolute Gasteiger partial charge is 0.316 e. The van der Waals surface area contributed by atoms with Crippen molar-refractivity contribution in [3.05, 3.63) is 124 Å². The number of hydrogen-bond donors (Lipinski definition) is 0. The molecule has 2 heterocycles. The maximum Gasteiger partial charge on any atom is 0.316 e. The SMILES string of the molecule is Cc1cc(OC(=O)[C@@H]2CC(=O)N(c3ccc(Cl)cc3)C2)ccc1N1C(=O)[C@@H]2C3c4ccccc4C(c4ccccc43)[C@@H]2C1=O. The van der Waals surface area contributed by atoms with E-state index in [-0.39, 0.29) is 42.5 Å². The van der Waals surface area contributed by atoms with Crippen molar-refractivity contribution in [2.75, 3.05) is 16.3 Å². The molecule has 0 unspecified atom stereocenters. The molecular weight excluding hydrogens is 576 g/mol. The summed E-state index contributed by atoms with van der Waals surface area (Å²) in [4.78, 5) is 56.9. The van der Waals surface area contributed by atoms with Gasteiger partial charge in [-0.25, -0.2) is 4.90 Å². The van der Waals surface area contributed by atoms with Crippen LogP contribution >= 0.6 is 11.6 Å². The normalized spacial score (nSPS) is 24.8. The molecule has 5 aliphatic rings. The van der Waals surface area contributed by atoms with E-state index in [0.29, 0.717) is 27.7 Å². The molecule has 2 fully saturated rings. The Hall–Kier alpha value is -4.75. The summed E-state index contributed by atoms with van der Waals surface area (Å²) in [5.74, 6) is -2.69. The van der Waals surface area contributed by atoms with Crippen molar-refractivity contribution in [3.8, 4) is 5.75 Å². The van der Waals surface area contributed by atoms with E-state index in [9.17, 15) is 19.2 Å². The van der Waals surface area contributed by atoms with Gasteiger partial charge in [0.15, 0.2) is 0 Å². The summed E-state index contributed by atoms with van der Waals surface area (Å²) in [6.45, 7) is 2.01. The number of rotatable bonds is 4. The third kappa shape index (κ3) is 3.88. The molecule has 3 atom stereocenters. The summed E-state index contributed by atoms with van der Waals surface area (Å²) in [7, 11) is 0. The summed E-state index contributed by atoms with van der Waals surface area (Å²) in [5, 5.41) is 0.564. The maximum atomic E-state index is 14.1. The fourth-order valence-electron chi connectivity index (χ4n) is 7.79. The molecule has 0 spiro atoms. The van der Waals surface area contributed by atoms with E-state index in [4.69, 9.17) is 16.3 Å². The lowest BCUT2D eigenvalue weighted by Crippen LogP contribution is -2.41. The average molecular weight is 603 g/mol. The van der Waals surface area contributed by atoms with E-state index in [1.807, 2.05) is 24.3 Å². The van der Waals surface area contributed by atoms with Crippen molar-refractivity contribution >= 4 is 46.7 Å². The first-order valence-electron chi connectivity index (χ1n) is 14.8. The van der Waals surface area contributed by atoms with E-state index in [0.717, 1.165) is 22.3 Å². The molecule has 2 saturated heterocycles. The lowest BCUT2D eigenvalue weighted by atomic mass is 9.55. The van der Waals surface area contributed by atoms with Gasteiger partial charge in [0.2, 0.25) is 17.7 Å². The summed E-state index contributed by atoms with van der Waals surface area (Å²) in [5.41, 5.74) is 6.31. The highest BCUT2D eigenvalue weighted by molar-refractivity contribution is 6.30. The second kappa shape index (κ2) is 9.89. The number of halogens is 1. The van der Waals surface area contributed by atoms with Gasteiger partial charge in [-0.1, -0.05) is 60.1 Å². The molecule has 2 aliphatic heterocycles. The van der Waals surface area contributed by atoms with Gasteiger partial charge in [-0.2, -0.15) is 0 Å².